The third-order valence-corrected chi connectivity index (χ3v) is 5.05. The molecule has 0 aliphatic carbocycles. The molecule has 0 bridgehead atoms. The van der Waals surface area contributed by atoms with E-state index in [2.05, 4.69) is 5.32 Å². The van der Waals surface area contributed by atoms with Crippen molar-refractivity contribution in [3.63, 3.8) is 0 Å². The van der Waals surface area contributed by atoms with Gasteiger partial charge in [0.2, 0.25) is 0 Å². The summed E-state index contributed by atoms with van der Waals surface area (Å²) in [6.45, 7) is 0.506. The highest BCUT2D eigenvalue weighted by atomic mass is 16.6. The summed E-state index contributed by atoms with van der Waals surface area (Å²) in [6, 6.07) is 17.4. The fourth-order valence-electron chi connectivity index (χ4n) is 3.41. The molecule has 31 heavy (non-hydrogen) atoms. The van der Waals surface area contributed by atoms with Gasteiger partial charge in [-0.15, -0.1) is 0 Å². The van der Waals surface area contributed by atoms with Crippen molar-refractivity contribution in [3.8, 4) is 0 Å². The molecule has 0 spiro atoms. The van der Waals surface area contributed by atoms with Gasteiger partial charge in [-0.05, 0) is 24.0 Å². The highest BCUT2D eigenvalue weighted by Crippen LogP contribution is 2.21. The molecule has 1 N–H and O–H groups in total. The van der Waals surface area contributed by atoms with E-state index >= 15 is 0 Å². The molecular weight excluding hydrogens is 400 g/mol. The van der Waals surface area contributed by atoms with E-state index in [1.807, 2.05) is 60.7 Å². The maximum atomic E-state index is 12.6. The molecule has 2 amide bonds. The van der Waals surface area contributed by atoms with Crippen molar-refractivity contribution in [2.24, 2.45) is 0 Å². The predicted molar refractivity (Wildman–Crippen MR) is 112 cm³/mol. The van der Waals surface area contributed by atoms with E-state index in [0.29, 0.717) is 6.42 Å². The molecule has 164 valence electrons. The molecular formula is C23H26N2O6. The van der Waals surface area contributed by atoms with Crippen LogP contribution in [0.3, 0.4) is 0 Å². The van der Waals surface area contributed by atoms with Gasteiger partial charge in [0, 0.05) is 12.6 Å². The Morgan fingerprint density at radius 1 is 0.935 bits per heavy atom. The summed E-state index contributed by atoms with van der Waals surface area (Å²) in [6.07, 6.45) is -0.482. The molecule has 8 nitrogen and oxygen atoms in total. The van der Waals surface area contributed by atoms with Crippen LogP contribution in [0.4, 0.5) is 9.59 Å². The molecule has 2 aromatic carbocycles. The van der Waals surface area contributed by atoms with Crippen molar-refractivity contribution in [2.45, 2.75) is 38.1 Å². The van der Waals surface area contributed by atoms with Crippen LogP contribution in [0, 0.1) is 0 Å². The average Bonchev–Trinajstić information content (AvgIpc) is 2.82. The summed E-state index contributed by atoms with van der Waals surface area (Å²) in [5.74, 6) is -0.555. The number of amides is 2. The monoisotopic (exact) mass is 426 g/mol. The number of carbonyl (C=O) groups excluding carboxylic acids is 3. The Morgan fingerprint density at radius 3 is 2.10 bits per heavy atom. The quantitative estimate of drug-likeness (QED) is 0.563. The number of alkyl carbamates (subject to hydrolysis) is 1. The summed E-state index contributed by atoms with van der Waals surface area (Å²) in [4.78, 5) is 38.4. The number of benzene rings is 2. The van der Waals surface area contributed by atoms with Gasteiger partial charge >= 0.3 is 18.2 Å². The first kappa shape index (κ1) is 22.1. The Bertz CT molecular complexity index is 874. The van der Waals surface area contributed by atoms with Gasteiger partial charge in [0.05, 0.1) is 7.11 Å². The summed E-state index contributed by atoms with van der Waals surface area (Å²) >= 11 is 0. The minimum Gasteiger partial charge on any atom is -0.467 e. The third-order valence-electron chi connectivity index (χ3n) is 5.05. The molecule has 0 radical (unpaired) electrons. The lowest BCUT2D eigenvalue weighted by Gasteiger charge is -2.37. The summed E-state index contributed by atoms with van der Waals surface area (Å²) in [5, 5.41) is 2.77. The number of nitrogens with zero attached hydrogens (tertiary/aromatic N) is 1. The van der Waals surface area contributed by atoms with E-state index in [0.717, 1.165) is 11.1 Å². The molecule has 1 saturated heterocycles. The number of esters is 1. The average molecular weight is 426 g/mol. The molecule has 3 rings (SSSR count). The number of piperidine rings is 1. The first-order chi connectivity index (χ1) is 15.1. The van der Waals surface area contributed by atoms with Gasteiger partial charge in [0.25, 0.3) is 0 Å². The zero-order chi connectivity index (χ0) is 22.1. The highest BCUT2D eigenvalue weighted by Gasteiger charge is 2.38. The van der Waals surface area contributed by atoms with Crippen LogP contribution in [0.2, 0.25) is 0 Å². The van der Waals surface area contributed by atoms with Crippen molar-refractivity contribution in [2.75, 3.05) is 13.7 Å². The van der Waals surface area contributed by atoms with Gasteiger partial charge in [0.15, 0.2) is 0 Å². The maximum Gasteiger partial charge on any atom is 0.410 e. The third kappa shape index (κ3) is 6.47. The van der Waals surface area contributed by atoms with Crippen LogP contribution in [0.1, 0.15) is 24.0 Å². The van der Waals surface area contributed by atoms with E-state index in [4.69, 9.17) is 14.2 Å². The molecule has 8 heteroatoms. The molecule has 1 aliphatic rings. The van der Waals surface area contributed by atoms with E-state index in [-0.39, 0.29) is 32.2 Å². The minimum atomic E-state index is -0.846. The number of rotatable bonds is 6. The van der Waals surface area contributed by atoms with Crippen molar-refractivity contribution < 1.29 is 28.6 Å². The lowest BCUT2D eigenvalue weighted by molar-refractivity contribution is -0.148. The smallest absolute Gasteiger partial charge is 0.410 e. The van der Waals surface area contributed by atoms with Crippen LogP contribution in [0.25, 0.3) is 0 Å². The summed E-state index contributed by atoms with van der Waals surface area (Å²) < 4.78 is 15.5. The Kier molecular flexibility index (Phi) is 7.86. The van der Waals surface area contributed by atoms with E-state index < -0.39 is 24.2 Å². The Morgan fingerprint density at radius 2 is 1.52 bits per heavy atom. The van der Waals surface area contributed by atoms with E-state index in [1.54, 1.807) is 0 Å². The first-order valence-corrected chi connectivity index (χ1v) is 10.1. The normalized spacial score (nSPS) is 18.0. The van der Waals surface area contributed by atoms with Crippen molar-refractivity contribution in [1.29, 1.82) is 0 Å². The van der Waals surface area contributed by atoms with Gasteiger partial charge in [-0.2, -0.15) is 0 Å². The van der Waals surface area contributed by atoms with Gasteiger partial charge < -0.3 is 19.5 Å². The predicted octanol–water partition coefficient (Wildman–Crippen LogP) is 3.26. The fraction of sp³-hybridized carbons (Fsp3) is 0.348. The standard InChI is InChI=1S/C23H26N2O6/c1-29-21(26)20-14-19(24-22(27)30-15-17-8-4-2-5-9-17)12-13-25(20)23(28)31-16-18-10-6-3-7-11-18/h2-11,19-20H,12-16H2,1H3,(H,24,27). The summed E-state index contributed by atoms with van der Waals surface area (Å²) in [5.41, 5.74) is 1.73. The second-order valence-corrected chi connectivity index (χ2v) is 7.20. The number of likely N-dealkylation sites (tertiary alicyclic amines) is 1. The van der Waals surface area contributed by atoms with Gasteiger partial charge in [-0.25, -0.2) is 14.4 Å². The number of nitrogens with one attached hydrogen (secondary N) is 1. The Hall–Kier alpha value is -3.55. The number of hydrogen-bond acceptors (Lipinski definition) is 6. The SMILES string of the molecule is COC(=O)C1CC(NC(=O)OCc2ccccc2)CCN1C(=O)OCc1ccccc1. The Balaban J connectivity index is 1.53. The van der Waals surface area contributed by atoms with Gasteiger partial charge in [0.1, 0.15) is 19.3 Å². The summed E-state index contributed by atoms with van der Waals surface area (Å²) in [7, 11) is 1.26. The fourth-order valence-corrected chi connectivity index (χ4v) is 3.41. The highest BCUT2D eigenvalue weighted by molar-refractivity contribution is 5.82. The van der Waals surface area contributed by atoms with Crippen molar-refractivity contribution in [3.05, 3.63) is 71.8 Å². The number of hydrogen-bond donors (Lipinski definition) is 1. The lowest BCUT2D eigenvalue weighted by atomic mass is 9.97. The largest absolute Gasteiger partial charge is 0.467 e. The molecule has 2 aromatic rings. The van der Waals surface area contributed by atoms with Crippen LogP contribution >= 0.6 is 0 Å². The zero-order valence-electron chi connectivity index (χ0n) is 17.4. The second-order valence-electron chi connectivity index (χ2n) is 7.20. The van der Waals surface area contributed by atoms with Crippen LogP contribution < -0.4 is 5.32 Å². The van der Waals surface area contributed by atoms with Gasteiger partial charge in [-0.3, -0.25) is 4.90 Å². The molecule has 0 aromatic heterocycles. The minimum absolute atomic E-state index is 0.109. The van der Waals surface area contributed by atoms with Crippen LogP contribution in [0.5, 0.6) is 0 Å². The zero-order valence-corrected chi connectivity index (χ0v) is 17.4. The molecule has 2 unspecified atom stereocenters. The van der Waals surface area contributed by atoms with Crippen molar-refractivity contribution in [1.82, 2.24) is 10.2 Å². The van der Waals surface area contributed by atoms with Crippen LogP contribution in [0.15, 0.2) is 60.7 Å². The topological polar surface area (TPSA) is 94.2 Å². The van der Waals surface area contributed by atoms with Crippen molar-refractivity contribution >= 4 is 18.2 Å². The molecule has 1 heterocycles. The number of carbonyl (C=O) groups is 3. The number of methoxy groups -OCH3 is 1. The van der Waals surface area contributed by atoms with E-state index in [9.17, 15) is 14.4 Å². The van der Waals surface area contributed by atoms with Crippen LogP contribution in [-0.2, 0) is 32.2 Å². The first-order valence-electron chi connectivity index (χ1n) is 10.1. The Labute approximate surface area is 181 Å². The molecule has 1 fully saturated rings. The van der Waals surface area contributed by atoms with Gasteiger partial charge in [-0.1, -0.05) is 60.7 Å². The maximum absolute atomic E-state index is 12.6. The van der Waals surface area contributed by atoms with Crippen LogP contribution in [-0.4, -0.2) is 48.8 Å². The van der Waals surface area contributed by atoms with E-state index in [1.165, 1.54) is 12.0 Å². The lowest BCUT2D eigenvalue weighted by Crippen LogP contribution is -2.55. The molecule has 2 atom stereocenters. The second kappa shape index (κ2) is 11.0. The molecule has 0 saturated carbocycles. The number of ether oxygens (including phenoxy) is 3. The molecule has 1 aliphatic heterocycles.